The van der Waals surface area contributed by atoms with Crippen LogP contribution < -0.4 is 10.6 Å². The summed E-state index contributed by atoms with van der Waals surface area (Å²) in [6.07, 6.45) is 3.90. The van der Waals surface area contributed by atoms with Gasteiger partial charge in [-0.05, 0) is 12.8 Å². The predicted octanol–water partition coefficient (Wildman–Crippen LogP) is 1.20. The zero-order valence-electron chi connectivity index (χ0n) is 9.76. The molecule has 0 bridgehead atoms. The molecule has 3 N–H and O–H groups in total. The molecule has 18 heavy (non-hydrogen) atoms. The highest BCUT2D eigenvalue weighted by Crippen LogP contribution is 2.25. The number of rotatable bonds is 4. The van der Waals surface area contributed by atoms with Crippen LogP contribution in [-0.2, 0) is 11.3 Å². The lowest BCUT2D eigenvalue weighted by atomic mass is 10.0. The maximum absolute atomic E-state index is 11.6. The summed E-state index contributed by atoms with van der Waals surface area (Å²) in [5.74, 6) is -1.29. The fraction of sp³-hybridized carbons (Fsp3) is 0.545. The van der Waals surface area contributed by atoms with Gasteiger partial charge in [-0.25, -0.2) is 4.79 Å². The molecule has 0 aromatic carbocycles. The van der Waals surface area contributed by atoms with Crippen LogP contribution in [0.3, 0.4) is 0 Å². The van der Waals surface area contributed by atoms with Gasteiger partial charge < -0.3 is 15.7 Å². The molecule has 6 nitrogen and oxygen atoms in total. The molecule has 0 aliphatic heterocycles. The normalized spacial score (nSPS) is 22.7. The Bertz CT molecular complexity index is 421. The lowest BCUT2D eigenvalue weighted by molar-refractivity contribution is -0.142. The van der Waals surface area contributed by atoms with E-state index in [-0.39, 0.29) is 12.1 Å². The van der Waals surface area contributed by atoms with Crippen LogP contribution in [0.2, 0.25) is 0 Å². The van der Waals surface area contributed by atoms with Crippen LogP contribution in [0.25, 0.3) is 0 Å². The first-order chi connectivity index (χ1) is 8.66. The van der Waals surface area contributed by atoms with Crippen molar-refractivity contribution in [3.05, 3.63) is 16.6 Å². The smallest absolute Gasteiger partial charge is 0.315 e. The van der Waals surface area contributed by atoms with Crippen molar-refractivity contribution >= 4 is 23.3 Å². The van der Waals surface area contributed by atoms with Crippen molar-refractivity contribution in [2.24, 2.45) is 5.92 Å². The van der Waals surface area contributed by atoms with Crippen molar-refractivity contribution in [3.8, 4) is 0 Å². The third-order valence-corrected chi connectivity index (χ3v) is 3.84. The lowest BCUT2D eigenvalue weighted by Gasteiger charge is -2.17. The molecule has 1 saturated carbocycles. The fourth-order valence-corrected chi connectivity index (χ4v) is 2.68. The average molecular weight is 269 g/mol. The Morgan fingerprint density at radius 1 is 1.50 bits per heavy atom. The summed E-state index contributed by atoms with van der Waals surface area (Å²) >= 11 is 1.47. The molecule has 2 rings (SSSR count). The maximum atomic E-state index is 11.6. The lowest BCUT2D eigenvalue weighted by Crippen LogP contribution is -2.45. The van der Waals surface area contributed by atoms with Gasteiger partial charge in [0.05, 0.1) is 18.0 Å². The fourth-order valence-electron chi connectivity index (χ4n) is 2.14. The summed E-state index contributed by atoms with van der Waals surface area (Å²) < 4.78 is 0. The average Bonchev–Trinajstić information content (AvgIpc) is 2.96. The monoisotopic (exact) mass is 269 g/mol. The van der Waals surface area contributed by atoms with E-state index in [4.69, 9.17) is 5.11 Å². The summed E-state index contributed by atoms with van der Waals surface area (Å²) in [5.41, 5.74) is 1.70. The second kappa shape index (κ2) is 5.81. The van der Waals surface area contributed by atoms with E-state index in [2.05, 4.69) is 15.6 Å². The molecule has 1 aromatic heterocycles. The van der Waals surface area contributed by atoms with Crippen molar-refractivity contribution in [2.75, 3.05) is 0 Å². The SMILES string of the molecule is O=C(NCc1cncs1)NC1CCCC1C(=O)O. The van der Waals surface area contributed by atoms with E-state index in [0.29, 0.717) is 13.0 Å². The van der Waals surface area contributed by atoms with Gasteiger partial charge in [-0.15, -0.1) is 11.3 Å². The second-order valence-electron chi connectivity index (χ2n) is 4.28. The first-order valence-corrected chi connectivity index (χ1v) is 6.69. The molecule has 2 amide bonds. The van der Waals surface area contributed by atoms with Crippen LogP contribution in [0.5, 0.6) is 0 Å². The molecule has 0 saturated heterocycles. The summed E-state index contributed by atoms with van der Waals surface area (Å²) in [6, 6.07) is -0.578. The van der Waals surface area contributed by atoms with Crippen LogP contribution in [0.1, 0.15) is 24.1 Å². The van der Waals surface area contributed by atoms with Gasteiger partial charge in [0.25, 0.3) is 0 Å². The number of carboxylic acids is 1. The van der Waals surface area contributed by atoms with E-state index >= 15 is 0 Å². The Morgan fingerprint density at radius 3 is 3.00 bits per heavy atom. The molecule has 1 fully saturated rings. The van der Waals surface area contributed by atoms with Crippen molar-refractivity contribution in [3.63, 3.8) is 0 Å². The first kappa shape index (κ1) is 12.8. The Hall–Kier alpha value is -1.63. The van der Waals surface area contributed by atoms with Gasteiger partial charge in [-0.2, -0.15) is 0 Å². The van der Waals surface area contributed by atoms with Gasteiger partial charge >= 0.3 is 12.0 Å². The van der Waals surface area contributed by atoms with Crippen molar-refractivity contribution in [1.29, 1.82) is 0 Å². The van der Waals surface area contributed by atoms with Crippen LogP contribution in [0.15, 0.2) is 11.7 Å². The minimum Gasteiger partial charge on any atom is -0.481 e. The molecule has 2 unspecified atom stereocenters. The number of nitrogens with one attached hydrogen (secondary N) is 2. The molecule has 1 heterocycles. The van der Waals surface area contributed by atoms with E-state index in [1.54, 1.807) is 11.7 Å². The maximum Gasteiger partial charge on any atom is 0.315 e. The second-order valence-corrected chi connectivity index (χ2v) is 5.25. The summed E-state index contributed by atoms with van der Waals surface area (Å²) in [7, 11) is 0. The van der Waals surface area contributed by atoms with Gasteiger partial charge in [0.15, 0.2) is 0 Å². The zero-order valence-corrected chi connectivity index (χ0v) is 10.6. The van der Waals surface area contributed by atoms with Crippen molar-refractivity contribution in [1.82, 2.24) is 15.6 Å². The molecule has 0 radical (unpaired) electrons. The molecular weight excluding hydrogens is 254 g/mol. The number of carbonyl (C=O) groups excluding carboxylic acids is 1. The van der Waals surface area contributed by atoms with E-state index in [1.165, 1.54) is 11.3 Å². The number of aliphatic carboxylic acids is 1. The summed E-state index contributed by atoms with van der Waals surface area (Å²) in [5, 5.41) is 14.4. The first-order valence-electron chi connectivity index (χ1n) is 5.81. The van der Waals surface area contributed by atoms with Gasteiger partial charge in [0.2, 0.25) is 0 Å². The van der Waals surface area contributed by atoms with Crippen molar-refractivity contribution < 1.29 is 14.7 Å². The third kappa shape index (κ3) is 3.19. The number of nitrogens with zero attached hydrogens (tertiary/aromatic N) is 1. The van der Waals surface area contributed by atoms with Crippen LogP contribution in [0, 0.1) is 5.92 Å². The molecule has 1 aliphatic carbocycles. The number of carbonyl (C=O) groups is 2. The number of thiazole rings is 1. The number of carboxylic acid groups (broad SMARTS) is 1. The van der Waals surface area contributed by atoms with Gasteiger partial charge in [0, 0.05) is 17.1 Å². The molecule has 98 valence electrons. The number of hydrogen-bond acceptors (Lipinski definition) is 4. The highest BCUT2D eigenvalue weighted by Gasteiger charge is 2.33. The highest BCUT2D eigenvalue weighted by atomic mass is 32.1. The van der Waals surface area contributed by atoms with E-state index < -0.39 is 11.9 Å². The predicted molar refractivity (Wildman–Crippen MR) is 66.3 cm³/mol. The molecule has 0 spiro atoms. The minimum absolute atomic E-state index is 0.260. The van der Waals surface area contributed by atoms with Gasteiger partial charge in [0.1, 0.15) is 0 Å². The minimum atomic E-state index is -0.833. The quantitative estimate of drug-likeness (QED) is 0.765. The third-order valence-electron chi connectivity index (χ3n) is 3.06. The Labute approximate surface area is 108 Å². The number of hydrogen-bond donors (Lipinski definition) is 3. The van der Waals surface area contributed by atoms with Crippen LogP contribution in [0.4, 0.5) is 4.79 Å². The Morgan fingerprint density at radius 2 is 2.33 bits per heavy atom. The zero-order chi connectivity index (χ0) is 13.0. The topological polar surface area (TPSA) is 91.3 Å². The van der Waals surface area contributed by atoms with E-state index in [0.717, 1.165) is 17.7 Å². The molecule has 1 aromatic rings. The number of amides is 2. The van der Waals surface area contributed by atoms with Crippen molar-refractivity contribution in [2.45, 2.75) is 31.8 Å². The van der Waals surface area contributed by atoms with Crippen LogP contribution in [-0.4, -0.2) is 28.1 Å². The highest BCUT2D eigenvalue weighted by molar-refractivity contribution is 7.09. The number of aromatic nitrogens is 1. The Kier molecular flexibility index (Phi) is 4.14. The standard InChI is InChI=1S/C11H15N3O3S/c15-10(16)8-2-1-3-9(8)14-11(17)13-5-7-4-12-6-18-7/h4,6,8-9H,1-3,5H2,(H,15,16)(H2,13,14,17). The summed E-state index contributed by atoms with van der Waals surface area (Å²) in [6.45, 7) is 0.418. The summed E-state index contributed by atoms with van der Waals surface area (Å²) in [4.78, 5) is 27.5. The Balaban J connectivity index is 1.78. The molecule has 7 heteroatoms. The molecule has 1 aliphatic rings. The van der Waals surface area contributed by atoms with Crippen LogP contribution >= 0.6 is 11.3 Å². The molecule has 2 atom stereocenters. The van der Waals surface area contributed by atoms with E-state index in [1.807, 2.05) is 0 Å². The molecular formula is C11H15N3O3S. The van der Waals surface area contributed by atoms with Gasteiger partial charge in [-0.1, -0.05) is 6.42 Å². The van der Waals surface area contributed by atoms with Gasteiger partial charge in [-0.3, -0.25) is 9.78 Å². The number of urea groups is 1. The van der Waals surface area contributed by atoms with E-state index in [9.17, 15) is 9.59 Å². The largest absolute Gasteiger partial charge is 0.481 e.